The Bertz CT molecular complexity index is 944. The normalized spacial score (nSPS) is 12.4. The number of carbonyl (C=O) groups excluding carboxylic acids is 1. The first-order valence-corrected chi connectivity index (χ1v) is 10.5. The predicted octanol–water partition coefficient (Wildman–Crippen LogP) is 4.10. The summed E-state index contributed by atoms with van der Waals surface area (Å²) in [5.41, 5.74) is 1.57. The fourth-order valence-electron chi connectivity index (χ4n) is 2.63. The van der Waals surface area contributed by atoms with Gasteiger partial charge in [-0.25, -0.2) is 8.42 Å². The van der Waals surface area contributed by atoms with Gasteiger partial charge in [0, 0.05) is 10.0 Å². The van der Waals surface area contributed by atoms with E-state index in [1.165, 1.54) is 32.2 Å². The van der Waals surface area contributed by atoms with Crippen LogP contribution in [0.15, 0.2) is 36.4 Å². The zero-order valence-electron chi connectivity index (χ0n) is 15.3. The minimum absolute atomic E-state index is 0.203. The van der Waals surface area contributed by atoms with Crippen LogP contribution in [0.5, 0.6) is 5.75 Å². The molecule has 2 rings (SSSR count). The van der Waals surface area contributed by atoms with Crippen LogP contribution < -0.4 is 14.4 Å². The molecule has 0 aliphatic carbocycles. The smallest absolute Gasteiger partial charge is 0.248 e. The summed E-state index contributed by atoms with van der Waals surface area (Å²) >= 11 is 12.0. The Morgan fingerprint density at radius 2 is 1.74 bits per heavy atom. The Labute approximate surface area is 169 Å². The lowest BCUT2D eigenvalue weighted by Crippen LogP contribution is -2.45. The molecular formula is C18H20Cl2N2O4S. The van der Waals surface area contributed by atoms with E-state index < -0.39 is 22.0 Å². The fraction of sp³-hybridized carbons (Fsp3) is 0.278. The monoisotopic (exact) mass is 430 g/mol. The maximum Gasteiger partial charge on any atom is 0.248 e. The zero-order valence-corrected chi connectivity index (χ0v) is 17.6. The number of ether oxygens (including phenoxy) is 1. The molecule has 1 atom stereocenters. The van der Waals surface area contributed by atoms with Crippen LogP contribution in [0, 0.1) is 6.92 Å². The minimum atomic E-state index is -3.79. The summed E-state index contributed by atoms with van der Waals surface area (Å²) in [5, 5.41) is 3.24. The van der Waals surface area contributed by atoms with Gasteiger partial charge < -0.3 is 10.1 Å². The van der Waals surface area contributed by atoms with E-state index in [2.05, 4.69) is 5.32 Å². The molecule has 0 unspecified atom stereocenters. The first-order chi connectivity index (χ1) is 12.5. The van der Waals surface area contributed by atoms with Crippen molar-refractivity contribution in [1.82, 2.24) is 0 Å². The Balaban J connectivity index is 2.40. The molecule has 0 saturated heterocycles. The van der Waals surface area contributed by atoms with Crippen molar-refractivity contribution >= 4 is 50.5 Å². The number of anilines is 2. The molecule has 27 heavy (non-hydrogen) atoms. The summed E-state index contributed by atoms with van der Waals surface area (Å²) in [4.78, 5) is 12.8. The van der Waals surface area contributed by atoms with Crippen LogP contribution in [0.25, 0.3) is 0 Å². The molecule has 1 N–H and O–H groups in total. The van der Waals surface area contributed by atoms with Crippen molar-refractivity contribution in [3.05, 3.63) is 52.0 Å². The fourth-order valence-corrected chi connectivity index (χ4v) is 4.31. The summed E-state index contributed by atoms with van der Waals surface area (Å²) in [6.07, 6.45) is 1.01. The number of nitrogens with one attached hydrogen (secondary N) is 1. The number of hydrogen-bond donors (Lipinski definition) is 1. The maximum atomic E-state index is 12.8. The second-order valence-corrected chi connectivity index (χ2v) is 8.79. The zero-order chi connectivity index (χ0) is 20.4. The molecule has 0 spiro atoms. The number of hydrogen-bond acceptors (Lipinski definition) is 4. The lowest BCUT2D eigenvalue weighted by Gasteiger charge is -2.28. The van der Waals surface area contributed by atoms with E-state index in [0.29, 0.717) is 11.4 Å². The molecule has 0 aliphatic heterocycles. The van der Waals surface area contributed by atoms with Crippen LogP contribution in [0.1, 0.15) is 12.5 Å². The van der Waals surface area contributed by atoms with Crippen LogP contribution in [0.4, 0.5) is 11.4 Å². The molecule has 0 bridgehead atoms. The van der Waals surface area contributed by atoms with Gasteiger partial charge in [0.25, 0.3) is 0 Å². The van der Waals surface area contributed by atoms with Crippen LogP contribution >= 0.6 is 23.2 Å². The van der Waals surface area contributed by atoms with Gasteiger partial charge in [0.15, 0.2) is 0 Å². The van der Waals surface area contributed by atoms with Gasteiger partial charge in [-0.1, -0.05) is 29.3 Å². The third kappa shape index (κ3) is 5.28. The second kappa shape index (κ2) is 8.37. The summed E-state index contributed by atoms with van der Waals surface area (Å²) in [5.74, 6) is -0.0571. The summed E-state index contributed by atoms with van der Waals surface area (Å²) in [7, 11) is -2.30. The molecular weight excluding hydrogens is 411 g/mol. The van der Waals surface area contributed by atoms with Crippen molar-refractivity contribution in [2.75, 3.05) is 23.0 Å². The SMILES string of the molecule is COc1ccc(C)cc1NC(=O)[C@@H](C)N(c1cc(Cl)cc(Cl)c1)S(C)(=O)=O. The van der Waals surface area contributed by atoms with Gasteiger partial charge >= 0.3 is 0 Å². The molecule has 0 aliphatic rings. The number of rotatable bonds is 6. The summed E-state index contributed by atoms with van der Waals surface area (Å²) in [6.45, 7) is 3.35. The first-order valence-electron chi connectivity index (χ1n) is 7.94. The van der Waals surface area contributed by atoms with Gasteiger partial charge in [-0.2, -0.15) is 0 Å². The number of carbonyl (C=O) groups is 1. The molecule has 146 valence electrons. The van der Waals surface area contributed by atoms with E-state index in [4.69, 9.17) is 27.9 Å². The number of nitrogens with zero attached hydrogens (tertiary/aromatic N) is 1. The van der Waals surface area contributed by atoms with E-state index in [1.54, 1.807) is 12.1 Å². The Morgan fingerprint density at radius 3 is 2.26 bits per heavy atom. The molecule has 0 heterocycles. The molecule has 0 saturated carbocycles. The largest absolute Gasteiger partial charge is 0.495 e. The Kier molecular flexibility index (Phi) is 6.62. The maximum absolute atomic E-state index is 12.8. The quantitative estimate of drug-likeness (QED) is 0.747. The minimum Gasteiger partial charge on any atom is -0.495 e. The first kappa shape index (κ1) is 21.3. The standard InChI is InChI=1S/C18H20Cl2N2O4S/c1-11-5-6-17(26-3)16(7-11)21-18(23)12(2)22(27(4,24)25)15-9-13(19)8-14(20)10-15/h5-10,12H,1-4H3,(H,21,23)/t12-/m1/s1. The molecule has 2 aromatic carbocycles. The van der Waals surface area contributed by atoms with Gasteiger partial charge in [0.2, 0.25) is 15.9 Å². The summed E-state index contributed by atoms with van der Waals surface area (Å²) in [6, 6.07) is 8.60. The van der Waals surface area contributed by atoms with Crippen LogP contribution in [-0.2, 0) is 14.8 Å². The van der Waals surface area contributed by atoms with Crippen molar-refractivity contribution in [2.45, 2.75) is 19.9 Å². The van der Waals surface area contributed by atoms with Crippen molar-refractivity contribution in [3.63, 3.8) is 0 Å². The number of benzene rings is 2. The molecule has 0 fully saturated rings. The van der Waals surface area contributed by atoms with E-state index in [-0.39, 0.29) is 15.7 Å². The van der Waals surface area contributed by atoms with Gasteiger partial charge in [-0.3, -0.25) is 9.10 Å². The number of sulfonamides is 1. The highest BCUT2D eigenvalue weighted by Gasteiger charge is 2.30. The predicted molar refractivity (Wildman–Crippen MR) is 110 cm³/mol. The van der Waals surface area contributed by atoms with Gasteiger partial charge in [0.1, 0.15) is 11.8 Å². The molecule has 1 amide bonds. The highest BCUT2D eigenvalue weighted by molar-refractivity contribution is 7.92. The van der Waals surface area contributed by atoms with E-state index in [9.17, 15) is 13.2 Å². The van der Waals surface area contributed by atoms with E-state index in [1.807, 2.05) is 13.0 Å². The summed E-state index contributed by atoms with van der Waals surface area (Å²) < 4.78 is 30.9. The number of halogens is 2. The van der Waals surface area contributed by atoms with Gasteiger partial charge in [0.05, 0.1) is 24.7 Å². The Morgan fingerprint density at radius 1 is 1.15 bits per heavy atom. The Hall–Kier alpha value is -1.96. The second-order valence-electron chi connectivity index (χ2n) is 6.06. The van der Waals surface area contributed by atoms with Crippen molar-refractivity contribution in [3.8, 4) is 5.75 Å². The van der Waals surface area contributed by atoms with Gasteiger partial charge in [-0.15, -0.1) is 0 Å². The van der Waals surface area contributed by atoms with Crippen molar-refractivity contribution in [1.29, 1.82) is 0 Å². The van der Waals surface area contributed by atoms with E-state index >= 15 is 0 Å². The van der Waals surface area contributed by atoms with Crippen LogP contribution in [-0.4, -0.2) is 33.7 Å². The molecule has 6 nitrogen and oxygen atoms in total. The molecule has 0 radical (unpaired) electrons. The lowest BCUT2D eigenvalue weighted by molar-refractivity contribution is -0.116. The van der Waals surface area contributed by atoms with Crippen LogP contribution in [0.2, 0.25) is 10.0 Å². The third-order valence-corrected chi connectivity index (χ3v) is 5.48. The van der Waals surface area contributed by atoms with Crippen LogP contribution in [0.3, 0.4) is 0 Å². The topological polar surface area (TPSA) is 75.7 Å². The molecule has 0 aromatic heterocycles. The lowest BCUT2D eigenvalue weighted by atomic mass is 10.2. The molecule has 9 heteroatoms. The third-order valence-electron chi connectivity index (χ3n) is 3.80. The highest BCUT2D eigenvalue weighted by Crippen LogP contribution is 2.30. The van der Waals surface area contributed by atoms with Crippen molar-refractivity contribution in [2.24, 2.45) is 0 Å². The molecule has 2 aromatic rings. The highest BCUT2D eigenvalue weighted by atomic mass is 35.5. The average Bonchev–Trinajstić information content (AvgIpc) is 2.52. The number of methoxy groups -OCH3 is 1. The average molecular weight is 431 g/mol. The van der Waals surface area contributed by atoms with E-state index in [0.717, 1.165) is 16.1 Å². The van der Waals surface area contributed by atoms with Crippen molar-refractivity contribution < 1.29 is 17.9 Å². The van der Waals surface area contributed by atoms with Gasteiger partial charge in [-0.05, 0) is 49.7 Å². The number of aryl methyl sites for hydroxylation is 1. The number of amides is 1.